The van der Waals surface area contributed by atoms with Crippen molar-refractivity contribution in [3.05, 3.63) is 17.8 Å². The Bertz CT molecular complexity index is 434. The summed E-state index contributed by atoms with van der Waals surface area (Å²) in [5.74, 6) is 0.659. The van der Waals surface area contributed by atoms with Gasteiger partial charge in [0.05, 0.1) is 6.04 Å². The fourth-order valence-corrected chi connectivity index (χ4v) is 2.44. The fraction of sp³-hybridized carbons (Fsp3) is 0.733. The van der Waals surface area contributed by atoms with Crippen molar-refractivity contribution in [2.75, 3.05) is 13.1 Å². The minimum atomic E-state index is -0.260. The van der Waals surface area contributed by atoms with E-state index in [0.717, 1.165) is 25.9 Å². The molecule has 1 amide bonds. The van der Waals surface area contributed by atoms with Crippen LogP contribution in [0, 0.1) is 5.92 Å². The molecule has 0 aromatic carbocycles. The lowest BCUT2D eigenvalue weighted by Gasteiger charge is -2.23. The smallest absolute Gasteiger partial charge is 0.275 e. The first-order valence-corrected chi connectivity index (χ1v) is 7.60. The minimum absolute atomic E-state index is 0.0298. The molecule has 5 heteroatoms. The molecule has 1 aromatic rings. The molecule has 1 aliphatic rings. The van der Waals surface area contributed by atoms with Crippen LogP contribution in [0.15, 0.2) is 10.7 Å². The molecule has 1 aromatic heterocycles. The molecule has 1 saturated heterocycles. The Labute approximate surface area is 120 Å². The van der Waals surface area contributed by atoms with E-state index in [-0.39, 0.29) is 17.9 Å². The minimum Gasteiger partial charge on any atom is -0.446 e. The summed E-state index contributed by atoms with van der Waals surface area (Å²) in [6.07, 6.45) is 7.26. The molecule has 2 heterocycles. The second kappa shape index (κ2) is 6.88. The van der Waals surface area contributed by atoms with Gasteiger partial charge in [-0.3, -0.25) is 4.79 Å². The molecule has 5 nitrogen and oxygen atoms in total. The summed E-state index contributed by atoms with van der Waals surface area (Å²) in [5, 5.41) is 0. The maximum atomic E-state index is 12.4. The molecule has 112 valence electrons. The van der Waals surface area contributed by atoms with Gasteiger partial charge in [0.15, 0.2) is 5.69 Å². The lowest BCUT2D eigenvalue weighted by molar-refractivity contribution is 0.0736. The van der Waals surface area contributed by atoms with E-state index in [1.54, 1.807) is 0 Å². The van der Waals surface area contributed by atoms with Crippen LogP contribution in [-0.4, -0.2) is 28.9 Å². The standard InChI is InChI=1S/C15H25N3O2/c1-11(2)13(16)14-17-12(10-20-14)15(19)18-8-6-4-3-5-7-9-18/h10-11,13H,3-9,16H2,1-2H3. The van der Waals surface area contributed by atoms with Gasteiger partial charge in [-0.05, 0) is 18.8 Å². The van der Waals surface area contributed by atoms with Crippen molar-refractivity contribution in [3.8, 4) is 0 Å². The van der Waals surface area contributed by atoms with Gasteiger partial charge in [0.1, 0.15) is 6.26 Å². The normalized spacial score (nSPS) is 18.7. The Hall–Kier alpha value is -1.36. The lowest BCUT2D eigenvalue weighted by Crippen LogP contribution is -2.34. The first-order chi connectivity index (χ1) is 9.59. The van der Waals surface area contributed by atoms with E-state index in [0.29, 0.717) is 11.6 Å². The molecule has 1 atom stereocenters. The quantitative estimate of drug-likeness (QED) is 0.923. The monoisotopic (exact) mass is 279 g/mol. The predicted molar refractivity (Wildman–Crippen MR) is 77.3 cm³/mol. The van der Waals surface area contributed by atoms with Gasteiger partial charge in [-0.1, -0.05) is 33.1 Å². The number of nitrogens with zero attached hydrogens (tertiary/aromatic N) is 2. The highest BCUT2D eigenvalue weighted by Crippen LogP contribution is 2.19. The zero-order valence-corrected chi connectivity index (χ0v) is 12.5. The number of carbonyl (C=O) groups excluding carboxylic acids is 1. The van der Waals surface area contributed by atoms with Crippen molar-refractivity contribution in [3.63, 3.8) is 0 Å². The van der Waals surface area contributed by atoms with E-state index in [4.69, 9.17) is 10.2 Å². The third-order valence-electron chi connectivity index (χ3n) is 3.89. The van der Waals surface area contributed by atoms with E-state index in [9.17, 15) is 4.79 Å². The molecule has 20 heavy (non-hydrogen) atoms. The van der Waals surface area contributed by atoms with E-state index in [1.807, 2.05) is 18.7 Å². The number of hydrogen-bond acceptors (Lipinski definition) is 4. The largest absolute Gasteiger partial charge is 0.446 e. The summed E-state index contributed by atoms with van der Waals surface area (Å²) < 4.78 is 5.37. The summed E-state index contributed by atoms with van der Waals surface area (Å²) in [5.41, 5.74) is 6.38. The van der Waals surface area contributed by atoms with Crippen molar-refractivity contribution in [1.82, 2.24) is 9.88 Å². The highest BCUT2D eigenvalue weighted by atomic mass is 16.3. The second-order valence-electron chi connectivity index (χ2n) is 5.90. The van der Waals surface area contributed by atoms with Gasteiger partial charge in [-0.2, -0.15) is 0 Å². The van der Waals surface area contributed by atoms with E-state index < -0.39 is 0 Å². The van der Waals surface area contributed by atoms with Crippen molar-refractivity contribution < 1.29 is 9.21 Å². The average molecular weight is 279 g/mol. The third kappa shape index (κ3) is 3.60. The maximum Gasteiger partial charge on any atom is 0.275 e. The molecule has 0 bridgehead atoms. The topological polar surface area (TPSA) is 72.4 Å². The molecule has 0 radical (unpaired) electrons. The number of likely N-dealkylation sites (tertiary alicyclic amines) is 1. The fourth-order valence-electron chi connectivity index (χ4n) is 2.44. The Morgan fingerprint density at radius 3 is 2.45 bits per heavy atom. The van der Waals surface area contributed by atoms with Crippen LogP contribution in [0.25, 0.3) is 0 Å². The number of amides is 1. The first kappa shape index (κ1) is 15.0. The molecule has 2 N–H and O–H groups in total. The molecule has 0 aliphatic carbocycles. The van der Waals surface area contributed by atoms with Crippen molar-refractivity contribution in [2.24, 2.45) is 11.7 Å². The number of carbonyl (C=O) groups is 1. The molecule has 2 rings (SSSR count). The second-order valence-corrected chi connectivity index (χ2v) is 5.90. The SMILES string of the molecule is CC(C)C(N)c1nc(C(=O)N2CCCCCCC2)co1. The molecule has 1 fully saturated rings. The van der Waals surface area contributed by atoms with Crippen LogP contribution in [-0.2, 0) is 0 Å². The molecular formula is C15H25N3O2. The van der Waals surface area contributed by atoms with Gasteiger partial charge in [0.25, 0.3) is 5.91 Å². The van der Waals surface area contributed by atoms with Crippen LogP contribution < -0.4 is 5.73 Å². The van der Waals surface area contributed by atoms with Crippen molar-refractivity contribution in [2.45, 2.75) is 52.0 Å². The molecule has 0 saturated carbocycles. The Kier molecular flexibility index (Phi) is 5.17. The van der Waals surface area contributed by atoms with Crippen LogP contribution in [0.5, 0.6) is 0 Å². The number of aromatic nitrogens is 1. The van der Waals surface area contributed by atoms with Crippen molar-refractivity contribution >= 4 is 5.91 Å². The lowest BCUT2D eigenvalue weighted by atomic mass is 10.1. The van der Waals surface area contributed by atoms with Gasteiger partial charge in [0, 0.05) is 13.1 Å². The zero-order chi connectivity index (χ0) is 14.5. The number of hydrogen-bond donors (Lipinski definition) is 1. The zero-order valence-electron chi connectivity index (χ0n) is 12.5. The Morgan fingerprint density at radius 2 is 1.85 bits per heavy atom. The van der Waals surface area contributed by atoms with E-state index >= 15 is 0 Å². The first-order valence-electron chi connectivity index (χ1n) is 7.60. The highest BCUT2D eigenvalue weighted by Gasteiger charge is 2.23. The molecule has 1 aliphatic heterocycles. The summed E-state index contributed by atoms with van der Waals surface area (Å²) in [7, 11) is 0. The number of oxazole rings is 1. The van der Waals surface area contributed by atoms with Crippen molar-refractivity contribution in [1.29, 1.82) is 0 Å². The van der Waals surface area contributed by atoms with Gasteiger partial charge in [-0.15, -0.1) is 0 Å². The van der Waals surface area contributed by atoms with Crippen LogP contribution in [0.2, 0.25) is 0 Å². The summed E-state index contributed by atoms with van der Waals surface area (Å²) in [4.78, 5) is 18.6. The third-order valence-corrected chi connectivity index (χ3v) is 3.89. The van der Waals surface area contributed by atoms with Crippen LogP contribution in [0.4, 0.5) is 0 Å². The Morgan fingerprint density at radius 1 is 1.25 bits per heavy atom. The highest BCUT2D eigenvalue weighted by molar-refractivity contribution is 5.92. The predicted octanol–water partition coefficient (Wildman–Crippen LogP) is 2.74. The van der Waals surface area contributed by atoms with Gasteiger partial charge < -0.3 is 15.1 Å². The van der Waals surface area contributed by atoms with Gasteiger partial charge in [-0.25, -0.2) is 4.98 Å². The maximum absolute atomic E-state index is 12.4. The van der Waals surface area contributed by atoms with Crippen LogP contribution in [0.3, 0.4) is 0 Å². The van der Waals surface area contributed by atoms with Crippen LogP contribution in [0.1, 0.15) is 68.4 Å². The van der Waals surface area contributed by atoms with E-state index in [2.05, 4.69) is 4.98 Å². The van der Waals surface area contributed by atoms with Crippen LogP contribution >= 0.6 is 0 Å². The number of rotatable bonds is 3. The summed E-state index contributed by atoms with van der Waals surface area (Å²) in [6, 6.07) is -0.260. The van der Waals surface area contributed by atoms with Gasteiger partial charge >= 0.3 is 0 Å². The Balaban J connectivity index is 2.04. The van der Waals surface area contributed by atoms with Gasteiger partial charge in [0.2, 0.25) is 5.89 Å². The van der Waals surface area contributed by atoms with E-state index in [1.165, 1.54) is 25.5 Å². The summed E-state index contributed by atoms with van der Waals surface area (Å²) >= 11 is 0. The summed E-state index contributed by atoms with van der Waals surface area (Å²) in [6.45, 7) is 5.65. The molecule has 1 unspecified atom stereocenters. The average Bonchev–Trinajstić information content (AvgIpc) is 2.86. The molecule has 0 spiro atoms. The number of nitrogens with two attached hydrogens (primary N) is 1. The molecular weight excluding hydrogens is 254 g/mol.